The number of hydrogen-bond donors (Lipinski definition) is 1. The molecule has 1 aromatic heterocycles. The lowest BCUT2D eigenvalue weighted by atomic mass is 10.1. The van der Waals surface area contributed by atoms with E-state index in [1.165, 1.54) is 13.3 Å². The number of carbonyl (C=O) groups excluding carboxylic acids is 1. The van der Waals surface area contributed by atoms with Crippen LogP contribution in [0, 0.1) is 0 Å². The van der Waals surface area contributed by atoms with Gasteiger partial charge in [-0.3, -0.25) is 9.48 Å². The first-order valence-corrected chi connectivity index (χ1v) is 6.54. The highest BCUT2D eigenvalue weighted by molar-refractivity contribution is 6.31. The van der Waals surface area contributed by atoms with Crippen LogP contribution in [-0.2, 0) is 0 Å². The van der Waals surface area contributed by atoms with Crippen LogP contribution < -0.4 is 10.5 Å². The molecule has 2 aromatic rings. The Labute approximate surface area is 122 Å². The zero-order chi connectivity index (χ0) is 14.9. The molecule has 0 fully saturated rings. The zero-order valence-corrected chi connectivity index (χ0v) is 12.3. The average molecular weight is 294 g/mol. The first-order valence-electron chi connectivity index (χ1n) is 6.17. The molecular weight excluding hydrogens is 278 g/mol. The summed E-state index contributed by atoms with van der Waals surface area (Å²) in [7, 11) is 1.50. The number of halogens is 1. The third-order valence-electron chi connectivity index (χ3n) is 2.94. The highest BCUT2D eigenvalue weighted by atomic mass is 35.5. The van der Waals surface area contributed by atoms with E-state index in [2.05, 4.69) is 5.10 Å². The largest absolute Gasteiger partial charge is 0.493 e. The third kappa shape index (κ3) is 2.49. The molecule has 0 aliphatic carbocycles. The Bertz CT molecular complexity index is 650. The van der Waals surface area contributed by atoms with Crippen LogP contribution in [-0.4, -0.2) is 22.7 Å². The Morgan fingerprint density at radius 2 is 2.15 bits per heavy atom. The van der Waals surface area contributed by atoms with Crippen LogP contribution in [0.25, 0.3) is 0 Å². The second kappa shape index (κ2) is 5.54. The van der Waals surface area contributed by atoms with E-state index in [0.29, 0.717) is 27.7 Å². The summed E-state index contributed by atoms with van der Waals surface area (Å²) in [6, 6.07) is 4.83. The number of ketones is 1. The summed E-state index contributed by atoms with van der Waals surface area (Å²) >= 11 is 5.85. The van der Waals surface area contributed by atoms with Gasteiger partial charge in [-0.1, -0.05) is 11.6 Å². The number of ether oxygens (including phenoxy) is 1. The van der Waals surface area contributed by atoms with Crippen molar-refractivity contribution in [3.8, 4) is 5.75 Å². The molecule has 2 rings (SSSR count). The summed E-state index contributed by atoms with van der Waals surface area (Å²) in [5.41, 5.74) is 6.97. The second-order valence-electron chi connectivity index (χ2n) is 4.66. The molecule has 6 heteroatoms. The normalized spacial score (nSPS) is 10.8. The number of aromatic nitrogens is 2. The van der Waals surface area contributed by atoms with Gasteiger partial charge in [0.15, 0.2) is 11.4 Å². The van der Waals surface area contributed by atoms with Crippen LogP contribution in [0.2, 0.25) is 5.02 Å². The highest BCUT2D eigenvalue weighted by Gasteiger charge is 2.23. The van der Waals surface area contributed by atoms with Crippen molar-refractivity contribution in [3.05, 3.63) is 40.7 Å². The van der Waals surface area contributed by atoms with E-state index in [1.54, 1.807) is 22.9 Å². The number of nitrogens with two attached hydrogens (primary N) is 1. The molecule has 0 unspecified atom stereocenters. The predicted octanol–water partition coefficient (Wildman–Crippen LogP) is 2.94. The maximum absolute atomic E-state index is 12.7. The number of anilines is 1. The number of carbonyl (C=O) groups is 1. The summed E-state index contributed by atoms with van der Waals surface area (Å²) in [5.74, 6) is 0.195. The van der Waals surface area contributed by atoms with Gasteiger partial charge in [0.05, 0.1) is 13.3 Å². The predicted molar refractivity (Wildman–Crippen MR) is 78.5 cm³/mol. The van der Waals surface area contributed by atoms with Gasteiger partial charge in [0.2, 0.25) is 5.78 Å². The van der Waals surface area contributed by atoms with Crippen molar-refractivity contribution in [2.24, 2.45) is 0 Å². The van der Waals surface area contributed by atoms with Crippen LogP contribution in [0.3, 0.4) is 0 Å². The van der Waals surface area contributed by atoms with Crippen molar-refractivity contribution in [2.45, 2.75) is 19.9 Å². The van der Waals surface area contributed by atoms with E-state index >= 15 is 0 Å². The fourth-order valence-corrected chi connectivity index (χ4v) is 2.15. The Hall–Kier alpha value is -2.01. The van der Waals surface area contributed by atoms with Gasteiger partial charge in [-0.25, -0.2) is 0 Å². The van der Waals surface area contributed by atoms with E-state index in [0.717, 1.165) is 0 Å². The smallest absolute Gasteiger partial charge is 0.216 e. The van der Waals surface area contributed by atoms with Gasteiger partial charge in [0.25, 0.3) is 0 Å². The minimum atomic E-state index is -0.234. The van der Waals surface area contributed by atoms with Crippen molar-refractivity contribution >= 4 is 23.1 Å². The van der Waals surface area contributed by atoms with Crippen molar-refractivity contribution in [1.29, 1.82) is 0 Å². The SMILES string of the molecule is COc1cnn(C(C)C)c1C(=O)c1ccc(Cl)cc1N. The molecule has 106 valence electrons. The van der Waals surface area contributed by atoms with Crippen LogP contribution in [0.15, 0.2) is 24.4 Å². The molecular formula is C14H16ClN3O2. The zero-order valence-electron chi connectivity index (χ0n) is 11.6. The quantitative estimate of drug-likeness (QED) is 0.695. The second-order valence-corrected chi connectivity index (χ2v) is 5.10. The van der Waals surface area contributed by atoms with Gasteiger partial charge in [-0.2, -0.15) is 5.10 Å². The van der Waals surface area contributed by atoms with Gasteiger partial charge >= 0.3 is 0 Å². The third-order valence-corrected chi connectivity index (χ3v) is 3.18. The van der Waals surface area contributed by atoms with E-state index in [-0.39, 0.29) is 11.8 Å². The van der Waals surface area contributed by atoms with Crippen molar-refractivity contribution in [3.63, 3.8) is 0 Å². The van der Waals surface area contributed by atoms with Crippen LogP contribution in [0.5, 0.6) is 5.75 Å². The van der Waals surface area contributed by atoms with E-state index in [1.807, 2.05) is 13.8 Å². The van der Waals surface area contributed by atoms with E-state index in [4.69, 9.17) is 22.1 Å². The van der Waals surface area contributed by atoms with Gasteiger partial charge < -0.3 is 10.5 Å². The van der Waals surface area contributed by atoms with Crippen molar-refractivity contribution in [2.75, 3.05) is 12.8 Å². The first-order chi connectivity index (χ1) is 9.45. The molecule has 0 radical (unpaired) electrons. The monoisotopic (exact) mass is 293 g/mol. The van der Waals surface area contributed by atoms with Crippen LogP contribution in [0.4, 0.5) is 5.69 Å². The molecule has 0 saturated carbocycles. The maximum Gasteiger partial charge on any atom is 0.216 e. The number of methoxy groups -OCH3 is 1. The topological polar surface area (TPSA) is 70.1 Å². The molecule has 0 spiro atoms. The number of hydrogen-bond acceptors (Lipinski definition) is 4. The minimum Gasteiger partial charge on any atom is -0.493 e. The number of benzene rings is 1. The standard InChI is InChI=1S/C14H16ClN3O2/c1-8(2)18-13(12(20-3)7-17-18)14(19)10-5-4-9(15)6-11(10)16/h4-8H,16H2,1-3H3. The lowest BCUT2D eigenvalue weighted by Gasteiger charge is -2.12. The number of rotatable bonds is 4. The average Bonchev–Trinajstić information content (AvgIpc) is 2.81. The summed E-state index contributed by atoms with van der Waals surface area (Å²) in [6.07, 6.45) is 1.53. The van der Waals surface area contributed by atoms with Crippen LogP contribution >= 0.6 is 11.6 Å². The van der Waals surface area contributed by atoms with Gasteiger partial charge in [-0.15, -0.1) is 0 Å². The molecule has 0 aliphatic heterocycles. The van der Waals surface area contributed by atoms with Gasteiger partial charge in [0, 0.05) is 22.3 Å². The first kappa shape index (κ1) is 14.4. The minimum absolute atomic E-state index is 0.0337. The molecule has 0 atom stereocenters. The van der Waals surface area contributed by atoms with Crippen molar-refractivity contribution < 1.29 is 9.53 Å². The Morgan fingerprint density at radius 3 is 2.70 bits per heavy atom. The molecule has 0 amide bonds. The Morgan fingerprint density at radius 1 is 1.45 bits per heavy atom. The van der Waals surface area contributed by atoms with Gasteiger partial charge in [0.1, 0.15) is 0 Å². The fourth-order valence-electron chi connectivity index (χ4n) is 1.97. The molecule has 0 aliphatic rings. The molecule has 1 aromatic carbocycles. The lowest BCUT2D eigenvalue weighted by Crippen LogP contribution is -2.15. The van der Waals surface area contributed by atoms with Crippen LogP contribution in [0.1, 0.15) is 35.9 Å². The Kier molecular flexibility index (Phi) is 3.99. The molecule has 20 heavy (non-hydrogen) atoms. The summed E-state index contributed by atoms with van der Waals surface area (Å²) < 4.78 is 6.83. The molecule has 5 nitrogen and oxygen atoms in total. The summed E-state index contributed by atoms with van der Waals surface area (Å²) in [6.45, 7) is 3.88. The van der Waals surface area contributed by atoms with Crippen molar-refractivity contribution in [1.82, 2.24) is 9.78 Å². The van der Waals surface area contributed by atoms with E-state index < -0.39 is 0 Å². The van der Waals surface area contributed by atoms with E-state index in [9.17, 15) is 4.79 Å². The Balaban J connectivity index is 2.55. The van der Waals surface area contributed by atoms with Gasteiger partial charge in [-0.05, 0) is 32.0 Å². The number of nitrogens with zero attached hydrogens (tertiary/aromatic N) is 2. The maximum atomic E-state index is 12.7. The number of nitrogen functional groups attached to an aromatic ring is 1. The highest BCUT2D eigenvalue weighted by Crippen LogP contribution is 2.27. The summed E-state index contributed by atoms with van der Waals surface area (Å²) in [4.78, 5) is 12.7. The molecule has 1 heterocycles. The molecule has 0 saturated heterocycles. The molecule has 2 N–H and O–H groups in total. The fraction of sp³-hybridized carbons (Fsp3) is 0.286. The summed E-state index contributed by atoms with van der Waals surface area (Å²) in [5, 5.41) is 4.67. The molecule has 0 bridgehead atoms. The lowest BCUT2D eigenvalue weighted by molar-refractivity contribution is 0.102.